The molecular formula is C16H33N3O. The van der Waals surface area contributed by atoms with Crippen LogP contribution in [0.4, 0.5) is 0 Å². The zero-order valence-corrected chi connectivity index (χ0v) is 13.5. The number of rotatable bonds is 8. The molecule has 4 nitrogen and oxygen atoms in total. The molecular weight excluding hydrogens is 250 g/mol. The lowest BCUT2D eigenvalue weighted by Crippen LogP contribution is -2.39. The van der Waals surface area contributed by atoms with Gasteiger partial charge in [-0.1, -0.05) is 13.8 Å². The number of carbonyl (C=O) groups is 1. The van der Waals surface area contributed by atoms with Gasteiger partial charge >= 0.3 is 0 Å². The number of nitrogens with two attached hydrogens (primary N) is 1. The van der Waals surface area contributed by atoms with E-state index in [2.05, 4.69) is 31.1 Å². The highest BCUT2D eigenvalue weighted by atomic mass is 16.1. The van der Waals surface area contributed by atoms with Gasteiger partial charge in [0.15, 0.2) is 0 Å². The second-order valence-corrected chi connectivity index (χ2v) is 6.69. The van der Waals surface area contributed by atoms with Gasteiger partial charge in [0.2, 0.25) is 5.91 Å². The lowest BCUT2D eigenvalue weighted by Gasteiger charge is -2.29. The third-order valence-electron chi connectivity index (χ3n) is 4.53. The highest BCUT2D eigenvalue weighted by molar-refractivity contribution is 5.75. The molecule has 3 N–H and O–H groups in total. The van der Waals surface area contributed by atoms with E-state index in [0.717, 1.165) is 32.5 Å². The second-order valence-electron chi connectivity index (χ2n) is 6.69. The maximum atomic E-state index is 11.9. The minimum atomic E-state index is 0.209. The van der Waals surface area contributed by atoms with Crippen LogP contribution in [0.2, 0.25) is 0 Å². The van der Waals surface area contributed by atoms with Gasteiger partial charge in [0.25, 0.3) is 0 Å². The molecule has 0 aromatic rings. The third kappa shape index (κ3) is 6.71. The monoisotopic (exact) mass is 283 g/mol. The molecule has 0 radical (unpaired) electrons. The third-order valence-corrected chi connectivity index (χ3v) is 4.53. The van der Waals surface area contributed by atoms with Gasteiger partial charge in [0, 0.05) is 19.5 Å². The minimum Gasteiger partial charge on any atom is -0.356 e. The quantitative estimate of drug-likeness (QED) is 0.715. The van der Waals surface area contributed by atoms with Gasteiger partial charge in [-0.3, -0.25) is 4.79 Å². The number of amides is 1. The summed E-state index contributed by atoms with van der Waals surface area (Å²) in [6.07, 6.45) is 5.13. The second kappa shape index (κ2) is 9.35. The highest BCUT2D eigenvalue weighted by Gasteiger charge is 2.18. The normalized spacial score (nSPS) is 21.9. The minimum absolute atomic E-state index is 0.209. The molecule has 0 aliphatic carbocycles. The van der Waals surface area contributed by atoms with Crippen molar-refractivity contribution in [3.63, 3.8) is 0 Å². The molecule has 20 heavy (non-hydrogen) atoms. The summed E-state index contributed by atoms with van der Waals surface area (Å²) in [6, 6.07) is 0. The Morgan fingerprint density at radius 2 is 2.15 bits per heavy atom. The molecule has 1 rings (SSSR count). The number of hydrogen-bond acceptors (Lipinski definition) is 3. The van der Waals surface area contributed by atoms with Crippen molar-refractivity contribution in [2.24, 2.45) is 23.5 Å². The Labute approximate surface area is 124 Å². The molecule has 1 saturated heterocycles. The van der Waals surface area contributed by atoms with Crippen molar-refractivity contribution >= 4 is 5.91 Å². The summed E-state index contributed by atoms with van der Waals surface area (Å²) in [5.74, 6) is 2.02. The standard InChI is InChI=1S/C16H33N3O/c1-13(2)15(8-9-17)6-7-16(20)18-11-14-5-4-10-19(3)12-14/h13-15H,4-12,17H2,1-3H3,(H,18,20). The zero-order chi connectivity index (χ0) is 15.0. The molecule has 2 unspecified atom stereocenters. The highest BCUT2D eigenvalue weighted by Crippen LogP contribution is 2.20. The van der Waals surface area contributed by atoms with E-state index in [1.165, 1.54) is 19.4 Å². The molecule has 1 fully saturated rings. The van der Waals surface area contributed by atoms with Crippen LogP contribution >= 0.6 is 0 Å². The summed E-state index contributed by atoms with van der Waals surface area (Å²) < 4.78 is 0. The first kappa shape index (κ1) is 17.4. The van der Waals surface area contributed by atoms with Crippen LogP contribution in [0.1, 0.15) is 46.0 Å². The average Bonchev–Trinajstić information content (AvgIpc) is 2.41. The molecule has 1 amide bonds. The topological polar surface area (TPSA) is 58.4 Å². The van der Waals surface area contributed by atoms with Crippen LogP contribution in [0.3, 0.4) is 0 Å². The van der Waals surface area contributed by atoms with Gasteiger partial charge in [-0.15, -0.1) is 0 Å². The molecule has 0 bridgehead atoms. The van der Waals surface area contributed by atoms with E-state index < -0.39 is 0 Å². The fourth-order valence-electron chi connectivity index (χ4n) is 3.13. The molecule has 1 aliphatic heterocycles. The molecule has 0 spiro atoms. The van der Waals surface area contributed by atoms with Crippen LogP contribution in [0.5, 0.6) is 0 Å². The first-order valence-electron chi connectivity index (χ1n) is 8.18. The Balaban J connectivity index is 2.19. The first-order chi connectivity index (χ1) is 9.52. The predicted molar refractivity (Wildman–Crippen MR) is 84.5 cm³/mol. The smallest absolute Gasteiger partial charge is 0.220 e. The summed E-state index contributed by atoms with van der Waals surface area (Å²) in [5, 5.41) is 3.11. The van der Waals surface area contributed by atoms with Gasteiger partial charge in [-0.05, 0) is 63.6 Å². The summed E-state index contributed by atoms with van der Waals surface area (Å²) in [7, 11) is 2.16. The molecule has 2 atom stereocenters. The van der Waals surface area contributed by atoms with E-state index in [4.69, 9.17) is 5.73 Å². The Bertz CT molecular complexity index is 281. The van der Waals surface area contributed by atoms with Gasteiger partial charge in [-0.25, -0.2) is 0 Å². The van der Waals surface area contributed by atoms with Crippen molar-refractivity contribution < 1.29 is 4.79 Å². The Kier molecular flexibility index (Phi) is 8.15. The molecule has 118 valence electrons. The van der Waals surface area contributed by atoms with Crippen molar-refractivity contribution in [2.45, 2.75) is 46.0 Å². The molecule has 0 saturated carbocycles. The van der Waals surface area contributed by atoms with E-state index >= 15 is 0 Å². The van der Waals surface area contributed by atoms with Crippen LogP contribution in [-0.4, -0.2) is 44.0 Å². The number of piperidine rings is 1. The zero-order valence-electron chi connectivity index (χ0n) is 13.5. The number of nitrogens with zero attached hydrogens (tertiary/aromatic N) is 1. The number of carbonyl (C=O) groups excluding carboxylic acids is 1. The van der Waals surface area contributed by atoms with Crippen LogP contribution in [-0.2, 0) is 4.79 Å². The van der Waals surface area contributed by atoms with E-state index in [1.54, 1.807) is 0 Å². The van der Waals surface area contributed by atoms with Gasteiger partial charge < -0.3 is 16.0 Å². The van der Waals surface area contributed by atoms with E-state index in [0.29, 0.717) is 24.2 Å². The van der Waals surface area contributed by atoms with Gasteiger partial charge in [-0.2, -0.15) is 0 Å². The molecule has 0 aromatic heterocycles. The van der Waals surface area contributed by atoms with Crippen molar-refractivity contribution in [1.29, 1.82) is 0 Å². The summed E-state index contributed by atoms with van der Waals surface area (Å²) in [4.78, 5) is 14.3. The molecule has 1 heterocycles. The Hall–Kier alpha value is -0.610. The van der Waals surface area contributed by atoms with Crippen LogP contribution < -0.4 is 11.1 Å². The van der Waals surface area contributed by atoms with Crippen LogP contribution in [0.15, 0.2) is 0 Å². The summed E-state index contributed by atoms with van der Waals surface area (Å²) in [5.41, 5.74) is 5.64. The van der Waals surface area contributed by atoms with Crippen molar-refractivity contribution in [1.82, 2.24) is 10.2 Å². The molecule has 4 heteroatoms. The SMILES string of the molecule is CC(C)C(CCN)CCC(=O)NCC1CCCN(C)C1. The van der Waals surface area contributed by atoms with E-state index in [1.807, 2.05) is 0 Å². The lowest BCUT2D eigenvalue weighted by molar-refractivity contribution is -0.121. The van der Waals surface area contributed by atoms with E-state index in [9.17, 15) is 4.79 Å². The van der Waals surface area contributed by atoms with Crippen molar-refractivity contribution in [3.05, 3.63) is 0 Å². The van der Waals surface area contributed by atoms with Crippen LogP contribution in [0.25, 0.3) is 0 Å². The lowest BCUT2D eigenvalue weighted by atomic mass is 9.88. The number of likely N-dealkylation sites (tertiary alicyclic amines) is 1. The fraction of sp³-hybridized carbons (Fsp3) is 0.938. The predicted octanol–water partition coefficient (Wildman–Crippen LogP) is 1.85. The maximum absolute atomic E-state index is 11.9. The number of nitrogens with one attached hydrogen (secondary N) is 1. The summed E-state index contributed by atoms with van der Waals surface area (Å²) in [6.45, 7) is 8.30. The first-order valence-corrected chi connectivity index (χ1v) is 8.18. The number of hydrogen-bond donors (Lipinski definition) is 2. The maximum Gasteiger partial charge on any atom is 0.220 e. The van der Waals surface area contributed by atoms with Crippen LogP contribution in [0, 0.1) is 17.8 Å². The average molecular weight is 283 g/mol. The molecule has 1 aliphatic rings. The summed E-state index contributed by atoms with van der Waals surface area (Å²) >= 11 is 0. The Morgan fingerprint density at radius 3 is 2.75 bits per heavy atom. The van der Waals surface area contributed by atoms with Crippen molar-refractivity contribution in [2.75, 3.05) is 33.2 Å². The van der Waals surface area contributed by atoms with Gasteiger partial charge in [0.05, 0.1) is 0 Å². The van der Waals surface area contributed by atoms with Gasteiger partial charge in [0.1, 0.15) is 0 Å². The van der Waals surface area contributed by atoms with Crippen molar-refractivity contribution in [3.8, 4) is 0 Å². The molecule has 0 aromatic carbocycles. The largest absolute Gasteiger partial charge is 0.356 e. The fourth-order valence-corrected chi connectivity index (χ4v) is 3.13. The van der Waals surface area contributed by atoms with E-state index in [-0.39, 0.29) is 5.91 Å². The Morgan fingerprint density at radius 1 is 1.40 bits per heavy atom.